The van der Waals surface area contributed by atoms with Crippen LogP contribution in [0, 0.1) is 0 Å². The van der Waals surface area contributed by atoms with Crippen LogP contribution in [0.3, 0.4) is 0 Å². The molecule has 0 spiro atoms. The summed E-state index contributed by atoms with van der Waals surface area (Å²) in [6.07, 6.45) is 1.38. The molecule has 29 heavy (non-hydrogen) atoms. The van der Waals surface area contributed by atoms with E-state index >= 15 is 0 Å². The number of rotatable bonds is 8. The van der Waals surface area contributed by atoms with Gasteiger partial charge in [-0.1, -0.05) is 23.7 Å². The lowest BCUT2D eigenvalue weighted by atomic mass is 9.94. The highest BCUT2D eigenvalue weighted by atomic mass is 35.5. The Morgan fingerprint density at radius 2 is 2.00 bits per heavy atom. The molecule has 6 nitrogen and oxygen atoms in total. The number of carboxylic acids is 1. The molecule has 0 aliphatic carbocycles. The highest BCUT2D eigenvalue weighted by Gasteiger charge is 2.39. The van der Waals surface area contributed by atoms with Crippen molar-refractivity contribution >= 4 is 17.6 Å². The normalized spacial score (nSPS) is 17.7. The quantitative estimate of drug-likeness (QED) is 0.684. The molecule has 1 heterocycles. The van der Waals surface area contributed by atoms with E-state index < -0.39 is 18.1 Å². The Balaban J connectivity index is 2.25. The van der Waals surface area contributed by atoms with Crippen molar-refractivity contribution in [2.45, 2.75) is 31.8 Å². The Hall–Kier alpha value is -2.44. The number of halogens is 1. The van der Waals surface area contributed by atoms with Crippen molar-refractivity contribution in [3.63, 3.8) is 0 Å². The number of hydrogen-bond acceptors (Lipinski definition) is 5. The molecule has 156 valence electrons. The van der Waals surface area contributed by atoms with Crippen LogP contribution in [0.2, 0.25) is 5.02 Å². The van der Waals surface area contributed by atoms with E-state index in [0.29, 0.717) is 41.8 Å². The Labute approximate surface area is 175 Å². The predicted octanol–water partition coefficient (Wildman–Crippen LogP) is 4.39. The van der Waals surface area contributed by atoms with E-state index in [0.717, 1.165) is 17.5 Å². The van der Waals surface area contributed by atoms with Gasteiger partial charge in [0.15, 0.2) is 11.5 Å². The molecule has 0 amide bonds. The summed E-state index contributed by atoms with van der Waals surface area (Å²) in [5.41, 5.74) is 1.61. The third-order valence-electron chi connectivity index (χ3n) is 5.21. The van der Waals surface area contributed by atoms with Crippen LogP contribution in [0.4, 0.5) is 0 Å². The molecule has 3 rings (SSSR count). The molecule has 2 aromatic carbocycles. The molecule has 0 bridgehead atoms. The third kappa shape index (κ3) is 4.28. The zero-order chi connectivity index (χ0) is 21.0. The average Bonchev–Trinajstić information content (AvgIpc) is 3.19. The number of methoxy groups -OCH3 is 2. The second kappa shape index (κ2) is 9.37. The molecule has 2 aromatic rings. The Kier molecular flexibility index (Phi) is 6.87. The minimum atomic E-state index is -0.839. The fourth-order valence-electron chi connectivity index (χ4n) is 4.04. The zero-order valence-electron chi connectivity index (χ0n) is 16.9. The van der Waals surface area contributed by atoms with Crippen LogP contribution in [-0.4, -0.2) is 49.4 Å². The van der Waals surface area contributed by atoms with Crippen molar-refractivity contribution in [3.05, 3.63) is 52.5 Å². The third-order valence-corrected chi connectivity index (χ3v) is 5.44. The SMILES string of the molecule is CCOc1ccc(Cl)cc1C(c1cccc(OC)c1OC)N1CCCC1C(=O)O. The highest BCUT2D eigenvalue weighted by Crippen LogP contribution is 2.45. The molecule has 2 unspecified atom stereocenters. The minimum Gasteiger partial charge on any atom is -0.494 e. The molecule has 1 saturated heterocycles. The highest BCUT2D eigenvalue weighted by molar-refractivity contribution is 6.30. The molecule has 1 aliphatic rings. The maximum absolute atomic E-state index is 12.0. The van der Waals surface area contributed by atoms with Crippen molar-refractivity contribution in [1.82, 2.24) is 4.90 Å². The van der Waals surface area contributed by atoms with Gasteiger partial charge in [-0.3, -0.25) is 9.69 Å². The van der Waals surface area contributed by atoms with E-state index in [1.807, 2.05) is 42.2 Å². The van der Waals surface area contributed by atoms with Gasteiger partial charge in [-0.25, -0.2) is 0 Å². The maximum atomic E-state index is 12.0. The first-order chi connectivity index (χ1) is 14.0. The molecule has 2 atom stereocenters. The van der Waals surface area contributed by atoms with Crippen molar-refractivity contribution in [2.75, 3.05) is 27.4 Å². The predicted molar refractivity (Wildman–Crippen MR) is 111 cm³/mol. The van der Waals surface area contributed by atoms with Crippen molar-refractivity contribution in [1.29, 1.82) is 0 Å². The van der Waals surface area contributed by atoms with E-state index in [1.54, 1.807) is 20.3 Å². The molecule has 1 fully saturated rings. The fraction of sp³-hybridized carbons (Fsp3) is 0.409. The van der Waals surface area contributed by atoms with Gasteiger partial charge in [0.25, 0.3) is 0 Å². The van der Waals surface area contributed by atoms with Gasteiger partial charge < -0.3 is 19.3 Å². The van der Waals surface area contributed by atoms with Gasteiger partial charge in [0.2, 0.25) is 0 Å². The van der Waals surface area contributed by atoms with E-state index in [2.05, 4.69) is 0 Å². The summed E-state index contributed by atoms with van der Waals surface area (Å²) in [5.74, 6) is 0.983. The Morgan fingerprint density at radius 1 is 1.21 bits per heavy atom. The number of carboxylic acid groups (broad SMARTS) is 1. The van der Waals surface area contributed by atoms with Crippen LogP contribution >= 0.6 is 11.6 Å². The Bertz CT molecular complexity index is 872. The summed E-state index contributed by atoms with van der Waals surface area (Å²) in [5, 5.41) is 10.4. The lowest BCUT2D eigenvalue weighted by molar-refractivity contribution is -0.142. The molecule has 7 heteroatoms. The topological polar surface area (TPSA) is 68.2 Å². The van der Waals surface area contributed by atoms with Crippen molar-refractivity contribution < 1.29 is 24.1 Å². The molecule has 0 aromatic heterocycles. The number of para-hydroxylation sites is 1. The zero-order valence-corrected chi connectivity index (χ0v) is 17.6. The molecule has 1 N–H and O–H groups in total. The van der Waals surface area contributed by atoms with Gasteiger partial charge >= 0.3 is 5.97 Å². The van der Waals surface area contributed by atoms with E-state index in [9.17, 15) is 9.90 Å². The second-order valence-electron chi connectivity index (χ2n) is 6.83. The van der Waals surface area contributed by atoms with E-state index in [4.69, 9.17) is 25.8 Å². The summed E-state index contributed by atoms with van der Waals surface area (Å²) in [4.78, 5) is 14.0. The second-order valence-corrected chi connectivity index (χ2v) is 7.27. The largest absolute Gasteiger partial charge is 0.494 e. The van der Waals surface area contributed by atoms with Crippen molar-refractivity contribution in [2.24, 2.45) is 0 Å². The first-order valence-corrected chi connectivity index (χ1v) is 10.0. The van der Waals surface area contributed by atoms with Crippen LogP contribution < -0.4 is 14.2 Å². The minimum absolute atomic E-state index is 0.413. The number of aliphatic carboxylic acids is 1. The van der Waals surface area contributed by atoms with Gasteiger partial charge in [0, 0.05) is 22.7 Å². The molecule has 0 radical (unpaired) electrons. The standard InChI is InChI=1S/C22H26ClNO5/c1-4-29-18-11-10-14(23)13-16(18)20(24-12-6-8-17(24)22(25)26)15-7-5-9-19(27-2)21(15)28-3/h5,7,9-11,13,17,20H,4,6,8,12H2,1-3H3,(H,25,26). The lowest BCUT2D eigenvalue weighted by Crippen LogP contribution is -2.39. The van der Waals surface area contributed by atoms with Gasteiger partial charge in [0.05, 0.1) is 26.9 Å². The summed E-state index contributed by atoms with van der Waals surface area (Å²) in [6, 6.07) is 10.0. The number of ether oxygens (including phenoxy) is 3. The molecular formula is C22H26ClNO5. The van der Waals surface area contributed by atoms with E-state index in [-0.39, 0.29) is 0 Å². The summed E-state index contributed by atoms with van der Waals surface area (Å²) in [7, 11) is 3.16. The van der Waals surface area contributed by atoms with Crippen molar-refractivity contribution in [3.8, 4) is 17.2 Å². The molecular weight excluding hydrogens is 394 g/mol. The monoisotopic (exact) mass is 419 g/mol. The molecule has 0 saturated carbocycles. The average molecular weight is 420 g/mol. The van der Waals surface area contributed by atoms with Gasteiger partial charge in [0.1, 0.15) is 11.8 Å². The van der Waals surface area contributed by atoms with Crippen LogP contribution in [-0.2, 0) is 4.79 Å². The van der Waals surface area contributed by atoms with E-state index in [1.165, 1.54) is 0 Å². The van der Waals surface area contributed by atoms with Crippen LogP contribution in [0.5, 0.6) is 17.2 Å². The van der Waals surface area contributed by atoms with Crippen LogP contribution in [0.25, 0.3) is 0 Å². The first kappa shape index (κ1) is 21.3. The summed E-state index contributed by atoms with van der Waals surface area (Å²) >= 11 is 6.34. The van der Waals surface area contributed by atoms with Gasteiger partial charge in [-0.15, -0.1) is 0 Å². The smallest absolute Gasteiger partial charge is 0.320 e. The number of likely N-dealkylation sites (tertiary alicyclic amines) is 1. The van der Waals surface area contributed by atoms with Gasteiger partial charge in [-0.05, 0) is 44.0 Å². The summed E-state index contributed by atoms with van der Waals surface area (Å²) in [6.45, 7) is 3.04. The Morgan fingerprint density at radius 3 is 2.66 bits per heavy atom. The molecule has 1 aliphatic heterocycles. The van der Waals surface area contributed by atoms with Crippen LogP contribution in [0.15, 0.2) is 36.4 Å². The number of hydrogen-bond donors (Lipinski definition) is 1. The van der Waals surface area contributed by atoms with Crippen LogP contribution in [0.1, 0.15) is 36.9 Å². The van der Waals surface area contributed by atoms with Gasteiger partial charge in [-0.2, -0.15) is 0 Å². The maximum Gasteiger partial charge on any atom is 0.320 e. The number of carbonyl (C=O) groups is 1. The summed E-state index contributed by atoms with van der Waals surface area (Å²) < 4.78 is 17.0. The number of benzene rings is 2. The number of nitrogens with zero attached hydrogens (tertiary/aromatic N) is 1. The lowest BCUT2D eigenvalue weighted by Gasteiger charge is -2.34. The fourth-order valence-corrected chi connectivity index (χ4v) is 4.22. The first-order valence-electron chi connectivity index (χ1n) is 9.63.